The Morgan fingerprint density at radius 1 is 1.16 bits per heavy atom. The lowest BCUT2D eigenvalue weighted by Gasteiger charge is -2.00. The van der Waals surface area contributed by atoms with Gasteiger partial charge >= 0.3 is 5.95 Å². The largest absolute Gasteiger partial charge is 0.479 e. The normalized spacial score (nSPS) is 11.3. The summed E-state index contributed by atoms with van der Waals surface area (Å²) in [5, 5.41) is 9.98. The molecule has 1 aromatic heterocycles. The number of aromatic hydroxyl groups is 1. The van der Waals surface area contributed by atoms with Gasteiger partial charge in [-0.2, -0.15) is 0 Å². The number of hydrogen-bond donors (Lipinski definition) is 1. The van der Waals surface area contributed by atoms with Crippen molar-refractivity contribution in [2.75, 3.05) is 0 Å². The van der Waals surface area contributed by atoms with Crippen LogP contribution >= 0.6 is 15.9 Å². The quantitative estimate of drug-likeness (QED) is 0.525. The fraction of sp³-hybridized carbons (Fsp3) is 0.200. The summed E-state index contributed by atoms with van der Waals surface area (Å²) in [5.74, 6) is 0.147. The van der Waals surface area contributed by atoms with Gasteiger partial charge in [-0.3, -0.25) is 4.99 Å². The van der Waals surface area contributed by atoms with Gasteiger partial charge in [0.15, 0.2) is 5.69 Å². The molecule has 25 heavy (non-hydrogen) atoms. The van der Waals surface area contributed by atoms with Crippen molar-refractivity contribution in [3.05, 3.63) is 64.3 Å². The highest BCUT2D eigenvalue weighted by Gasteiger charge is 2.12. The Balaban J connectivity index is 1.79. The molecule has 3 rings (SSSR count). The summed E-state index contributed by atoms with van der Waals surface area (Å²) in [6.45, 7) is 2.18. The molecule has 0 spiro atoms. The van der Waals surface area contributed by atoms with Crippen LogP contribution in [0.1, 0.15) is 31.0 Å². The second kappa shape index (κ2) is 8.12. The highest BCUT2D eigenvalue weighted by molar-refractivity contribution is 9.10. The summed E-state index contributed by atoms with van der Waals surface area (Å²) < 4.78 is 6.25. The van der Waals surface area contributed by atoms with Gasteiger partial charge < -0.3 is 9.52 Å². The number of para-hydroxylation sites is 1. The van der Waals surface area contributed by atoms with Gasteiger partial charge in [0.25, 0.3) is 0 Å². The Morgan fingerprint density at radius 2 is 1.92 bits per heavy atom. The first-order valence-electron chi connectivity index (χ1n) is 8.25. The molecule has 3 aromatic rings. The van der Waals surface area contributed by atoms with E-state index in [0.29, 0.717) is 11.6 Å². The van der Waals surface area contributed by atoms with Crippen LogP contribution < -0.4 is 0 Å². The summed E-state index contributed by atoms with van der Waals surface area (Å²) in [5.41, 5.74) is 3.18. The van der Waals surface area contributed by atoms with Gasteiger partial charge in [0.1, 0.15) is 0 Å². The van der Waals surface area contributed by atoms with E-state index < -0.39 is 0 Å². The van der Waals surface area contributed by atoms with Crippen molar-refractivity contribution < 1.29 is 9.52 Å². The minimum atomic E-state index is -0.235. The molecule has 0 saturated carbocycles. The van der Waals surface area contributed by atoms with Crippen LogP contribution in [0.4, 0.5) is 5.69 Å². The maximum absolute atomic E-state index is 9.98. The number of oxazole rings is 1. The number of benzene rings is 2. The highest BCUT2D eigenvalue weighted by Crippen LogP contribution is 2.28. The summed E-state index contributed by atoms with van der Waals surface area (Å²) in [4.78, 5) is 8.67. The van der Waals surface area contributed by atoms with E-state index in [2.05, 4.69) is 45.0 Å². The van der Waals surface area contributed by atoms with Crippen LogP contribution in [0.2, 0.25) is 0 Å². The van der Waals surface area contributed by atoms with Gasteiger partial charge in [-0.05, 0) is 58.6 Å². The molecule has 0 aliphatic rings. The zero-order chi connectivity index (χ0) is 17.6. The molecule has 1 heterocycles. The van der Waals surface area contributed by atoms with Gasteiger partial charge in [-0.1, -0.05) is 37.6 Å². The Hall–Kier alpha value is -2.40. The number of aryl methyl sites for hydroxylation is 1. The maximum Gasteiger partial charge on any atom is 0.312 e. The van der Waals surface area contributed by atoms with Crippen molar-refractivity contribution >= 4 is 27.8 Å². The maximum atomic E-state index is 9.98. The molecule has 128 valence electrons. The minimum absolute atomic E-state index is 0.235. The van der Waals surface area contributed by atoms with Gasteiger partial charge in [0.2, 0.25) is 5.89 Å². The zero-order valence-electron chi connectivity index (χ0n) is 13.9. The lowest BCUT2D eigenvalue weighted by Crippen LogP contribution is -1.86. The number of halogens is 1. The van der Waals surface area contributed by atoms with E-state index in [0.717, 1.165) is 22.1 Å². The molecule has 0 radical (unpaired) electrons. The molecule has 5 heteroatoms. The predicted octanol–water partition coefficient (Wildman–Crippen LogP) is 5.90. The third-order valence-electron chi connectivity index (χ3n) is 3.83. The second-order valence-corrected chi connectivity index (χ2v) is 6.57. The molecule has 0 aliphatic carbocycles. The van der Waals surface area contributed by atoms with E-state index in [1.54, 1.807) is 0 Å². The lowest BCUT2D eigenvalue weighted by atomic mass is 10.1. The third kappa shape index (κ3) is 4.37. The standard InChI is InChI=1S/C20H19BrN2O2/c1-2-3-6-14-9-11-15(12-10-14)19-23-18(20(24)25-19)13-22-17-8-5-4-7-16(17)21/h4-5,7-13,24H,2-3,6H2,1H3. The monoisotopic (exact) mass is 398 g/mol. The predicted molar refractivity (Wildman–Crippen MR) is 104 cm³/mol. The van der Waals surface area contributed by atoms with Gasteiger partial charge in [0.05, 0.1) is 11.9 Å². The summed E-state index contributed by atoms with van der Waals surface area (Å²) in [6.07, 6.45) is 4.92. The van der Waals surface area contributed by atoms with Gasteiger partial charge in [-0.15, -0.1) is 0 Å². The van der Waals surface area contributed by atoms with Crippen LogP contribution in [0, 0.1) is 0 Å². The molecule has 4 nitrogen and oxygen atoms in total. The van der Waals surface area contributed by atoms with E-state index in [-0.39, 0.29) is 5.95 Å². The topological polar surface area (TPSA) is 58.6 Å². The lowest BCUT2D eigenvalue weighted by molar-refractivity contribution is 0.337. The Bertz CT molecular complexity index is 870. The van der Waals surface area contributed by atoms with Crippen molar-refractivity contribution in [3.8, 4) is 17.4 Å². The van der Waals surface area contributed by atoms with E-state index in [4.69, 9.17) is 4.42 Å². The van der Waals surface area contributed by atoms with Crippen LogP contribution in [0.25, 0.3) is 11.5 Å². The van der Waals surface area contributed by atoms with Crippen LogP contribution in [0.5, 0.6) is 5.95 Å². The van der Waals surface area contributed by atoms with Crippen molar-refractivity contribution in [1.82, 2.24) is 4.98 Å². The molecule has 0 bridgehead atoms. The van der Waals surface area contributed by atoms with E-state index in [1.165, 1.54) is 24.6 Å². The number of aromatic nitrogens is 1. The number of nitrogens with zero attached hydrogens (tertiary/aromatic N) is 2. The summed E-state index contributed by atoms with van der Waals surface area (Å²) in [7, 11) is 0. The van der Waals surface area contributed by atoms with Crippen LogP contribution in [0.3, 0.4) is 0 Å². The highest BCUT2D eigenvalue weighted by atomic mass is 79.9. The second-order valence-electron chi connectivity index (χ2n) is 5.72. The Labute approximate surface area is 155 Å². The summed E-state index contributed by atoms with van der Waals surface area (Å²) in [6, 6.07) is 15.6. The van der Waals surface area contributed by atoms with Crippen molar-refractivity contribution in [2.45, 2.75) is 26.2 Å². The molecular formula is C20H19BrN2O2. The molecule has 0 amide bonds. The smallest absolute Gasteiger partial charge is 0.312 e. The number of rotatable bonds is 6. The zero-order valence-corrected chi connectivity index (χ0v) is 15.5. The van der Waals surface area contributed by atoms with E-state index >= 15 is 0 Å². The molecule has 0 atom stereocenters. The van der Waals surface area contributed by atoms with Crippen molar-refractivity contribution in [1.29, 1.82) is 0 Å². The Kier molecular flexibility index (Phi) is 5.66. The first kappa shape index (κ1) is 17.4. The van der Waals surface area contributed by atoms with E-state index in [9.17, 15) is 5.11 Å². The average molecular weight is 399 g/mol. The third-order valence-corrected chi connectivity index (χ3v) is 4.50. The summed E-state index contributed by atoms with van der Waals surface area (Å²) >= 11 is 3.43. The molecule has 0 saturated heterocycles. The number of unbranched alkanes of at least 4 members (excludes halogenated alkanes) is 1. The van der Waals surface area contributed by atoms with Crippen LogP contribution in [-0.4, -0.2) is 16.3 Å². The molecule has 0 fully saturated rings. The molecular weight excluding hydrogens is 380 g/mol. The number of hydrogen-bond acceptors (Lipinski definition) is 4. The van der Waals surface area contributed by atoms with Crippen LogP contribution in [0.15, 0.2) is 62.4 Å². The SMILES string of the molecule is CCCCc1ccc(-c2nc(C=Nc3ccccc3Br)c(O)o2)cc1. The molecule has 2 aromatic carbocycles. The van der Waals surface area contributed by atoms with Gasteiger partial charge in [-0.25, -0.2) is 4.98 Å². The van der Waals surface area contributed by atoms with Crippen LogP contribution in [-0.2, 0) is 6.42 Å². The molecule has 1 N–H and O–H groups in total. The first-order chi connectivity index (χ1) is 12.2. The first-order valence-corrected chi connectivity index (χ1v) is 9.04. The number of aliphatic imine (C=N–C) groups is 1. The van der Waals surface area contributed by atoms with Gasteiger partial charge in [0, 0.05) is 10.0 Å². The van der Waals surface area contributed by atoms with E-state index in [1.807, 2.05) is 36.4 Å². The molecule has 0 aliphatic heterocycles. The van der Waals surface area contributed by atoms with Crippen molar-refractivity contribution in [3.63, 3.8) is 0 Å². The fourth-order valence-corrected chi connectivity index (χ4v) is 2.80. The molecule has 0 unspecified atom stereocenters. The minimum Gasteiger partial charge on any atom is -0.479 e. The Morgan fingerprint density at radius 3 is 2.64 bits per heavy atom. The fourth-order valence-electron chi connectivity index (χ4n) is 2.41. The average Bonchev–Trinajstić information content (AvgIpc) is 3.00. The van der Waals surface area contributed by atoms with Crippen molar-refractivity contribution in [2.24, 2.45) is 4.99 Å².